The lowest BCUT2D eigenvalue weighted by atomic mass is 10.0. The van der Waals surface area contributed by atoms with E-state index in [0.717, 1.165) is 27.2 Å². The van der Waals surface area contributed by atoms with Gasteiger partial charge in [-0.2, -0.15) is 5.26 Å². The SMILES string of the molecule is N#Cc1ccc2cc(C(=O)O)n(Cc3cccc4ccccc34)c2c1. The lowest BCUT2D eigenvalue weighted by molar-refractivity contribution is 0.0686. The van der Waals surface area contributed by atoms with Crippen LogP contribution in [0.3, 0.4) is 0 Å². The second-order valence-electron chi connectivity index (χ2n) is 5.94. The van der Waals surface area contributed by atoms with E-state index in [1.807, 2.05) is 42.5 Å². The highest BCUT2D eigenvalue weighted by molar-refractivity contribution is 5.95. The number of aromatic carboxylic acids is 1. The zero-order chi connectivity index (χ0) is 17.4. The Morgan fingerprint density at radius 1 is 1.00 bits per heavy atom. The van der Waals surface area contributed by atoms with Crippen LogP contribution in [0.4, 0.5) is 0 Å². The van der Waals surface area contributed by atoms with Gasteiger partial charge in [0.2, 0.25) is 0 Å². The van der Waals surface area contributed by atoms with Crippen molar-refractivity contribution in [2.45, 2.75) is 6.54 Å². The monoisotopic (exact) mass is 326 g/mol. The number of rotatable bonds is 3. The van der Waals surface area contributed by atoms with Gasteiger partial charge in [-0.3, -0.25) is 0 Å². The summed E-state index contributed by atoms with van der Waals surface area (Å²) in [6.07, 6.45) is 0. The molecule has 4 aromatic rings. The van der Waals surface area contributed by atoms with E-state index >= 15 is 0 Å². The number of fused-ring (bicyclic) bond motifs is 2. The molecular formula is C21H14N2O2. The molecule has 0 amide bonds. The minimum Gasteiger partial charge on any atom is -0.477 e. The minimum absolute atomic E-state index is 0.220. The molecule has 0 spiro atoms. The van der Waals surface area contributed by atoms with Crippen molar-refractivity contribution in [1.82, 2.24) is 4.57 Å². The van der Waals surface area contributed by atoms with E-state index < -0.39 is 5.97 Å². The zero-order valence-electron chi connectivity index (χ0n) is 13.3. The van der Waals surface area contributed by atoms with Gasteiger partial charge in [-0.05, 0) is 34.5 Å². The summed E-state index contributed by atoms with van der Waals surface area (Å²) in [5.74, 6) is -0.977. The fraction of sp³-hybridized carbons (Fsp3) is 0.0476. The molecule has 0 radical (unpaired) electrons. The van der Waals surface area contributed by atoms with Gasteiger partial charge in [0.15, 0.2) is 0 Å². The number of carboxylic acids is 1. The molecule has 0 aliphatic carbocycles. The maximum absolute atomic E-state index is 11.7. The second-order valence-corrected chi connectivity index (χ2v) is 5.94. The van der Waals surface area contributed by atoms with Gasteiger partial charge < -0.3 is 9.67 Å². The van der Waals surface area contributed by atoms with Gasteiger partial charge in [-0.25, -0.2) is 4.79 Å². The van der Waals surface area contributed by atoms with Crippen LogP contribution in [0.25, 0.3) is 21.7 Å². The molecule has 0 unspecified atom stereocenters. The van der Waals surface area contributed by atoms with Crippen LogP contribution in [0.5, 0.6) is 0 Å². The summed E-state index contributed by atoms with van der Waals surface area (Å²) in [4.78, 5) is 11.7. The van der Waals surface area contributed by atoms with E-state index in [4.69, 9.17) is 5.26 Å². The number of aromatic nitrogens is 1. The second kappa shape index (κ2) is 5.81. The Hall–Kier alpha value is -3.58. The average molecular weight is 326 g/mol. The maximum atomic E-state index is 11.7. The number of nitriles is 1. The lowest BCUT2D eigenvalue weighted by Gasteiger charge is -2.11. The van der Waals surface area contributed by atoms with Crippen molar-refractivity contribution < 1.29 is 9.90 Å². The Morgan fingerprint density at radius 2 is 1.80 bits per heavy atom. The first-order chi connectivity index (χ1) is 12.2. The summed E-state index contributed by atoms with van der Waals surface area (Å²) in [7, 11) is 0. The van der Waals surface area contributed by atoms with Crippen LogP contribution in [-0.2, 0) is 6.54 Å². The third-order valence-corrected chi connectivity index (χ3v) is 4.46. The molecule has 0 aliphatic rings. The highest BCUT2D eigenvalue weighted by atomic mass is 16.4. The van der Waals surface area contributed by atoms with E-state index in [9.17, 15) is 9.90 Å². The van der Waals surface area contributed by atoms with Gasteiger partial charge in [0, 0.05) is 11.9 Å². The predicted molar refractivity (Wildman–Crippen MR) is 96.7 cm³/mol. The topological polar surface area (TPSA) is 66.0 Å². The largest absolute Gasteiger partial charge is 0.477 e. The molecule has 120 valence electrons. The van der Waals surface area contributed by atoms with Crippen LogP contribution in [0.15, 0.2) is 66.7 Å². The number of carbonyl (C=O) groups is 1. The Kier molecular flexibility index (Phi) is 3.48. The first kappa shape index (κ1) is 15.0. The molecule has 3 aromatic carbocycles. The average Bonchev–Trinajstić information content (AvgIpc) is 3.00. The number of carboxylic acid groups (broad SMARTS) is 1. The van der Waals surface area contributed by atoms with Gasteiger partial charge in [0.25, 0.3) is 0 Å². The van der Waals surface area contributed by atoms with Crippen LogP contribution < -0.4 is 0 Å². The molecule has 4 nitrogen and oxygen atoms in total. The Labute approximate surface area is 144 Å². The van der Waals surface area contributed by atoms with Gasteiger partial charge in [-0.15, -0.1) is 0 Å². The molecule has 1 heterocycles. The maximum Gasteiger partial charge on any atom is 0.352 e. The molecule has 1 aromatic heterocycles. The Morgan fingerprint density at radius 3 is 2.60 bits per heavy atom. The van der Waals surface area contributed by atoms with Crippen molar-refractivity contribution in [2.24, 2.45) is 0 Å². The summed E-state index contributed by atoms with van der Waals surface area (Å²) in [5, 5.41) is 21.8. The highest BCUT2D eigenvalue weighted by Crippen LogP contribution is 2.25. The highest BCUT2D eigenvalue weighted by Gasteiger charge is 2.16. The molecule has 0 bridgehead atoms. The van der Waals surface area contributed by atoms with Crippen molar-refractivity contribution in [1.29, 1.82) is 5.26 Å². The normalized spacial score (nSPS) is 10.8. The predicted octanol–water partition coefficient (Wildman–Crippen LogP) is 4.41. The quantitative estimate of drug-likeness (QED) is 0.606. The molecule has 1 N–H and O–H groups in total. The molecule has 4 rings (SSSR count). The van der Waals surface area contributed by atoms with Crippen LogP contribution in [0, 0.1) is 11.3 Å². The standard InChI is InChI=1S/C21H14N2O2/c22-12-14-8-9-16-11-20(21(24)25)23(19(16)10-14)13-17-6-3-5-15-4-1-2-7-18(15)17/h1-11H,13H2,(H,24,25). The summed E-state index contributed by atoms with van der Waals surface area (Å²) in [6, 6.07) is 23.1. The van der Waals surface area contributed by atoms with Crippen LogP contribution in [0.2, 0.25) is 0 Å². The minimum atomic E-state index is -0.977. The molecule has 0 atom stereocenters. The molecule has 0 aliphatic heterocycles. The molecule has 0 saturated carbocycles. The number of hydrogen-bond donors (Lipinski definition) is 1. The van der Waals surface area contributed by atoms with E-state index in [2.05, 4.69) is 6.07 Å². The lowest BCUT2D eigenvalue weighted by Crippen LogP contribution is -2.09. The third-order valence-electron chi connectivity index (χ3n) is 4.46. The molecule has 0 fully saturated rings. The first-order valence-corrected chi connectivity index (χ1v) is 7.91. The summed E-state index contributed by atoms with van der Waals surface area (Å²) in [5.41, 5.74) is 2.53. The van der Waals surface area contributed by atoms with E-state index in [1.165, 1.54) is 0 Å². The Bertz CT molecular complexity index is 1160. The van der Waals surface area contributed by atoms with Crippen molar-refractivity contribution in [3.63, 3.8) is 0 Å². The molecular weight excluding hydrogens is 312 g/mol. The van der Waals surface area contributed by atoms with E-state index in [1.54, 1.807) is 28.8 Å². The molecule has 4 heteroatoms. The van der Waals surface area contributed by atoms with Crippen molar-refractivity contribution in [3.05, 3.63) is 83.6 Å². The molecule has 0 saturated heterocycles. The zero-order valence-corrected chi connectivity index (χ0v) is 13.3. The smallest absolute Gasteiger partial charge is 0.352 e. The summed E-state index contributed by atoms with van der Waals surface area (Å²) < 4.78 is 1.76. The van der Waals surface area contributed by atoms with E-state index in [0.29, 0.717) is 12.1 Å². The van der Waals surface area contributed by atoms with Crippen LogP contribution in [-0.4, -0.2) is 15.6 Å². The fourth-order valence-corrected chi connectivity index (χ4v) is 3.27. The van der Waals surface area contributed by atoms with Gasteiger partial charge in [0.05, 0.1) is 17.1 Å². The van der Waals surface area contributed by atoms with Gasteiger partial charge >= 0.3 is 5.97 Å². The first-order valence-electron chi connectivity index (χ1n) is 7.91. The molecule has 25 heavy (non-hydrogen) atoms. The van der Waals surface area contributed by atoms with Crippen LogP contribution >= 0.6 is 0 Å². The fourth-order valence-electron chi connectivity index (χ4n) is 3.27. The van der Waals surface area contributed by atoms with Gasteiger partial charge in [-0.1, -0.05) is 48.5 Å². The van der Waals surface area contributed by atoms with Crippen LogP contribution in [0.1, 0.15) is 21.6 Å². The Balaban J connectivity index is 1.94. The summed E-state index contributed by atoms with van der Waals surface area (Å²) >= 11 is 0. The number of benzene rings is 3. The van der Waals surface area contributed by atoms with Crippen molar-refractivity contribution >= 4 is 27.6 Å². The third kappa shape index (κ3) is 2.52. The van der Waals surface area contributed by atoms with Gasteiger partial charge in [0.1, 0.15) is 5.69 Å². The summed E-state index contributed by atoms with van der Waals surface area (Å²) in [6.45, 7) is 0.432. The number of nitrogens with zero attached hydrogens (tertiary/aromatic N) is 2. The van der Waals surface area contributed by atoms with Crippen molar-refractivity contribution in [2.75, 3.05) is 0 Å². The van der Waals surface area contributed by atoms with Crippen molar-refractivity contribution in [3.8, 4) is 6.07 Å². The van der Waals surface area contributed by atoms with E-state index in [-0.39, 0.29) is 5.69 Å². The number of hydrogen-bond acceptors (Lipinski definition) is 2.